The van der Waals surface area contributed by atoms with Gasteiger partial charge in [0.2, 0.25) is 10.0 Å². The van der Waals surface area contributed by atoms with Crippen molar-refractivity contribution in [1.82, 2.24) is 10.0 Å². The average molecular weight is 476 g/mol. The average Bonchev–Trinajstić information content (AvgIpc) is 3.43. The van der Waals surface area contributed by atoms with E-state index < -0.39 is 15.9 Å². The summed E-state index contributed by atoms with van der Waals surface area (Å²) in [7, 11) is -3.82. The zero-order valence-electron chi connectivity index (χ0n) is 15.9. The number of amides is 1. The predicted octanol–water partition coefficient (Wildman–Crippen LogP) is 4.80. The SMILES string of the molecule is CC(C)(CNC(=O)c1cc(S(=O)(=O)NC2CC2)c(Cl)cc1Cl)c1ccc(Cl)cc1. The van der Waals surface area contributed by atoms with Crippen LogP contribution in [0.5, 0.6) is 0 Å². The van der Waals surface area contributed by atoms with Gasteiger partial charge in [0.15, 0.2) is 0 Å². The van der Waals surface area contributed by atoms with Crippen molar-refractivity contribution >= 4 is 50.7 Å². The van der Waals surface area contributed by atoms with Gasteiger partial charge in [-0.2, -0.15) is 0 Å². The van der Waals surface area contributed by atoms with E-state index in [1.807, 2.05) is 26.0 Å². The Hall–Kier alpha value is -1.31. The predicted molar refractivity (Wildman–Crippen MR) is 117 cm³/mol. The van der Waals surface area contributed by atoms with Crippen LogP contribution in [0, 0.1) is 0 Å². The van der Waals surface area contributed by atoms with Gasteiger partial charge in [-0.05, 0) is 42.7 Å². The second-order valence-electron chi connectivity index (χ2n) is 7.73. The molecular weight excluding hydrogens is 455 g/mol. The first-order valence-corrected chi connectivity index (χ1v) is 11.7. The summed E-state index contributed by atoms with van der Waals surface area (Å²) < 4.78 is 27.6. The van der Waals surface area contributed by atoms with Crippen LogP contribution in [0.3, 0.4) is 0 Å². The van der Waals surface area contributed by atoms with Crippen molar-refractivity contribution < 1.29 is 13.2 Å². The summed E-state index contributed by atoms with van der Waals surface area (Å²) in [5, 5.41) is 3.52. The largest absolute Gasteiger partial charge is 0.351 e. The van der Waals surface area contributed by atoms with Gasteiger partial charge in [0.25, 0.3) is 5.91 Å². The Morgan fingerprint density at radius 2 is 1.69 bits per heavy atom. The van der Waals surface area contributed by atoms with E-state index in [1.54, 1.807) is 12.1 Å². The minimum absolute atomic E-state index is 0.0267. The van der Waals surface area contributed by atoms with Crippen LogP contribution >= 0.6 is 34.8 Å². The van der Waals surface area contributed by atoms with Crippen LogP contribution in [0.4, 0.5) is 0 Å². The van der Waals surface area contributed by atoms with Crippen molar-refractivity contribution in [3.05, 3.63) is 62.6 Å². The Balaban J connectivity index is 1.79. The van der Waals surface area contributed by atoms with E-state index in [1.165, 1.54) is 12.1 Å². The summed E-state index contributed by atoms with van der Waals surface area (Å²) in [5.41, 5.74) is 0.683. The van der Waals surface area contributed by atoms with Gasteiger partial charge >= 0.3 is 0 Å². The monoisotopic (exact) mass is 474 g/mol. The minimum Gasteiger partial charge on any atom is -0.351 e. The summed E-state index contributed by atoms with van der Waals surface area (Å²) in [6.07, 6.45) is 1.58. The molecule has 0 atom stereocenters. The highest BCUT2D eigenvalue weighted by atomic mass is 35.5. The molecule has 2 aromatic carbocycles. The van der Waals surface area contributed by atoms with Crippen molar-refractivity contribution in [2.45, 2.75) is 43.0 Å². The summed E-state index contributed by atoms with van der Waals surface area (Å²) in [6, 6.07) is 9.81. The summed E-state index contributed by atoms with van der Waals surface area (Å²) in [6.45, 7) is 4.28. The number of carbonyl (C=O) groups is 1. The number of rotatable bonds is 7. The second kappa shape index (κ2) is 8.44. The lowest BCUT2D eigenvalue weighted by atomic mass is 9.84. The smallest absolute Gasteiger partial charge is 0.252 e. The first kappa shape index (κ1) is 22.4. The Morgan fingerprint density at radius 1 is 1.07 bits per heavy atom. The van der Waals surface area contributed by atoms with Crippen LogP contribution in [-0.2, 0) is 15.4 Å². The summed E-state index contributed by atoms with van der Waals surface area (Å²) in [4.78, 5) is 12.6. The van der Waals surface area contributed by atoms with Crippen molar-refractivity contribution in [2.75, 3.05) is 6.54 Å². The van der Waals surface area contributed by atoms with E-state index in [4.69, 9.17) is 34.8 Å². The molecule has 2 aromatic rings. The molecule has 0 aliphatic heterocycles. The van der Waals surface area contributed by atoms with Crippen LogP contribution < -0.4 is 10.0 Å². The van der Waals surface area contributed by atoms with Gasteiger partial charge in [-0.15, -0.1) is 0 Å². The second-order valence-corrected chi connectivity index (χ2v) is 10.7. The first-order valence-electron chi connectivity index (χ1n) is 9.05. The fraction of sp³-hybridized carbons (Fsp3) is 0.350. The summed E-state index contributed by atoms with van der Waals surface area (Å²) >= 11 is 18.2. The number of benzene rings is 2. The zero-order chi connectivity index (χ0) is 21.4. The van der Waals surface area contributed by atoms with Crippen LogP contribution in [-0.4, -0.2) is 26.9 Å². The number of hydrogen-bond donors (Lipinski definition) is 2. The number of halogens is 3. The van der Waals surface area contributed by atoms with E-state index in [-0.39, 0.29) is 32.0 Å². The standard InChI is InChI=1S/C20H21Cl3N2O3S/c1-20(2,12-3-5-13(21)6-4-12)11-24-19(26)15-9-18(17(23)10-16(15)22)29(27,28)25-14-7-8-14/h3-6,9-10,14,25H,7-8,11H2,1-2H3,(H,24,26). The topological polar surface area (TPSA) is 75.3 Å². The van der Waals surface area contributed by atoms with Gasteiger partial charge in [-0.3, -0.25) is 4.79 Å². The van der Waals surface area contributed by atoms with Crippen molar-refractivity contribution in [2.24, 2.45) is 0 Å². The molecule has 156 valence electrons. The molecule has 0 aromatic heterocycles. The van der Waals surface area contributed by atoms with Gasteiger partial charge in [-0.1, -0.05) is 60.8 Å². The normalized spacial score (nSPS) is 14.7. The third-order valence-corrected chi connectivity index (χ3v) is 7.32. The van der Waals surface area contributed by atoms with Gasteiger partial charge in [0, 0.05) is 23.0 Å². The van der Waals surface area contributed by atoms with E-state index >= 15 is 0 Å². The van der Waals surface area contributed by atoms with E-state index in [9.17, 15) is 13.2 Å². The van der Waals surface area contributed by atoms with Gasteiger partial charge in [0.05, 0.1) is 15.6 Å². The number of carbonyl (C=O) groups excluding carboxylic acids is 1. The van der Waals surface area contributed by atoms with Gasteiger partial charge in [0.1, 0.15) is 4.90 Å². The molecule has 1 fully saturated rings. The van der Waals surface area contributed by atoms with E-state index in [0.29, 0.717) is 11.6 Å². The molecular formula is C20H21Cl3N2O3S. The molecule has 0 saturated heterocycles. The zero-order valence-corrected chi connectivity index (χ0v) is 19.0. The molecule has 5 nitrogen and oxygen atoms in total. The van der Waals surface area contributed by atoms with Crippen molar-refractivity contribution in [3.8, 4) is 0 Å². The molecule has 0 bridgehead atoms. The molecule has 2 N–H and O–H groups in total. The quantitative estimate of drug-likeness (QED) is 0.604. The molecule has 1 amide bonds. The van der Waals surface area contributed by atoms with Gasteiger partial charge in [-0.25, -0.2) is 13.1 Å². The number of nitrogens with one attached hydrogen (secondary N) is 2. The van der Waals surface area contributed by atoms with Crippen LogP contribution in [0.2, 0.25) is 15.1 Å². The summed E-state index contributed by atoms with van der Waals surface area (Å²) in [5.74, 6) is -0.475. The highest BCUT2D eigenvalue weighted by molar-refractivity contribution is 7.89. The minimum atomic E-state index is -3.82. The van der Waals surface area contributed by atoms with Crippen LogP contribution in [0.1, 0.15) is 42.6 Å². The van der Waals surface area contributed by atoms with Crippen LogP contribution in [0.25, 0.3) is 0 Å². The molecule has 1 saturated carbocycles. The third kappa shape index (κ3) is 5.44. The maximum absolute atomic E-state index is 12.7. The Bertz CT molecular complexity index is 1030. The lowest BCUT2D eigenvalue weighted by molar-refractivity contribution is 0.0945. The first-order chi connectivity index (χ1) is 13.5. The molecule has 0 unspecified atom stereocenters. The lowest BCUT2D eigenvalue weighted by Crippen LogP contribution is -2.37. The molecule has 0 radical (unpaired) electrons. The molecule has 9 heteroatoms. The van der Waals surface area contributed by atoms with E-state index in [0.717, 1.165) is 18.4 Å². The lowest BCUT2D eigenvalue weighted by Gasteiger charge is -2.26. The van der Waals surface area contributed by atoms with Gasteiger partial charge < -0.3 is 5.32 Å². The van der Waals surface area contributed by atoms with Crippen LogP contribution in [0.15, 0.2) is 41.3 Å². The number of hydrogen-bond acceptors (Lipinski definition) is 3. The molecule has 29 heavy (non-hydrogen) atoms. The van der Waals surface area contributed by atoms with Crippen molar-refractivity contribution in [3.63, 3.8) is 0 Å². The fourth-order valence-electron chi connectivity index (χ4n) is 2.79. The fourth-order valence-corrected chi connectivity index (χ4v) is 5.08. The maximum Gasteiger partial charge on any atom is 0.252 e. The molecule has 0 heterocycles. The Morgan fingerprint density at radius 3 is 2.28 bits per heavy atom. The number of sulfonamides is 1. The highest BCUT2D eigenvalue weighted by Crippen LogP contribution is 2.31. The van der Waals surface area contributed by atoms with E-state index in [2.05, 4.69) is 10.0 Å². The molecule has 1 aliphatic carbocycles. The van der Waals surface area contributed by atoms with Crippen molar-refractivity contribution in [1.29, 1.82) is 0 Å². The third-order valence-electron chi connectivity index (χ3n) is 4.77. The highest BCUT2D eigenvalue weighted by Gasteiger charge is 2.30. The molecule has 1 aliphatic rings. The Labute approximate surface area is 185 Å². The molecule has 3 rings (SSSR count). The maximum atomic E-state index is 12.7. The molecule has 0 spiro atoms. The Kier molecular flexibility index (Phi) is 6.51.